The average Bonchev–Trinajstić information content (AvgIpc) is 2.45. The summed E-state index contributed by atoms with van der Waals surface area (Å²) in [6, 6.07) is 11.3. The van der Waals surface area contributed by atoms with Crippen molar-refractivity contribution < 1.29 is 17.6 Å². The molecule has 0 fully saturated rings. The molecule has 0 radical (unpaired) electrons. The molecule has 0 aliphatic carbocycles. The summed E-state index contributed by atoms with van der Waals surface area (Å²) in [7, 11) is -3.83. The number of amides is 1. The standard InChI is InChI=1S/C15H13FN2O3S/c16-12-4-1-3-11(9-12)7-8-15(19)18-13-5-2-6-14(10-13)22(17,20)21/h1-10H,(H,18,19)(H2,17,20,21)/b8-7+. The first-order valence-corrected chi connectivity index (χ1v) is 7.77. The number of hydrogen-bond donors (Lipinski definition) is 2. The fourth-order valence-electron chi connectivity index (χ4n) is 1.72. The van der Waals surface area contributed by atoms with Gasteiger partial charge in [0.1, 0.15) is 5.82 Å². The maximum atomic E-state index is 13.0. The van der Waals surface area contributed by atoms with Gasteiger partial charge >= 0.3 is 0 Å². The van der Waals surface area contributed by atoms with Crippen LogP contribution >= 0.6 is 0 Å². The molecule has 0 unspecified atom stereocenters. The number of nitrogens with one attached hydrogen (secondary N) is 1. The van der Waals surface area contributed by atoms with Gasteiger partial charge in [-0.15, -0.1) is 0 Å². The average molecular weight is 320 g/mol. The van der Waals surface area contributed by atoms with Gasteiger partial charge in [0.05, 0.1) is 4.90 Å². The van der Waals surface area contributed by atoms with Crippen molar-refractivity contribution >= 4 is 27.7 Å². The first kappa shape index (κ1) is 15.9. The normalized spacial score (nSPS) is 11.5. The SMILES string of the molecule is NS(=O)(=O)c1cccc(NC(=O)/C=C/c2cccc(F)c2)c1. The second kappa shape index (κ2) is 6.50. The molecule has 0 heterocycles. The molecule has 3 N–H and O–H groups in total. The highest BCUT2D eigenvalue weighted by atomic mass is 32.2. The van der Waals surface area contributed by atoms with E-state index < -0.39 is 21.7 Å². The minimum Gasteiger partial charge on any atom is -0.322 e. The Bertz CT molecular complexity index is 832. The Labute approximate surface area is 127 Å². The molecule has 22 heavy (non-hydrogen) atoms. The lowest BCUT2D eigenvalue weighted by molar-refractivity contribution is -0.111. The molecule has 0 aliphatic heterocycles. The van der Waals surface area contributed by atoms with E-state index in [1.54, 1.807) is 6.07 Å². The smallest absolute Gasteiger partial charge is 0.248 e. The molecule has 0 aromatic heterocycles. The molecule has 114 valence electrons. The Kier molecular flexibility index (Phi) is 4.69. The predicted octanol–water partition coefficient (Wildman–Crippen LogP) is 2.12. The van der Waals surface area contributed by atoms with Crippen molar-refractivity contribution in [3.8, 4) is 0 Å². The van der Waals surface area contributed by atoms with E-state index in [-0.39, 0.29) is 4.90 Å². The van der Waals surface area contributed by atoms with Crippen LogP contribution in [-0.2, 0) is 14.8 Å². The number of primary sulfonamides is 1. The van der Waals surface area contributed by atoms with E-state index in [9.17, 15) is 17.6 Å². The minimum absolute atomic E-state index is 0.0978. The van der Waals surface area contributed by atoms with Gasteiger partial charge in [-0.3, -0.25) is 4.79 Å². The van der Waals surface area contributed by atoms with Crippen molar-refractivity contribution in [3.05, 3.63) is 66.0 Å². The fraction of sp³-hybridized carbons (Fsp3) is 0. The highest BCUT2D eigenvalue weighted by Gasteiger charge is 2.08. The summed E-state index contributed by atoms with van der Waals surface area (Å²) in [6.45, 7) is 0. The highest BCUT2D eigenvalue weighted by molar-refractivity contribution is 7.89. The lowest BCUT2D eigenvalue weighted by atomic mass is 10.2. The second-order valence-corrected chi connectivity index (χ2v) is 6.01. The van der Waals surface area contributed by atoms with Crippen LogP contribution in [0.3, 0.4) is 0 Å². The summed E-state index contributed by atoms with van der Waals surface area (Å²) >= 11 is 0. The van der Waals surface area contributed by atoms with Gasteiger partial charge in [0.25, 0.3) is 0 Å². The number of halogens is 1. The van der Waals surface area contributed by atoms with Crippen LogP contribution in [0.1, 0.15) is 5.56 Å². The molecule has 0 aliphatic rings. The van der Waals surface area contributed by atoms with Crippen molar-refractivity contribution in [3.63, 3.8) is 0 Å². The lowest BCUT2D eigenvalue weighted by Gasteiger charge is -2.04. The van der Waals surface area contributed by atoms with E-state index in [2.05, 4.69) is 5.32 Å². The van der Waals surface area contributed by atoms with E-state index in [0.29, 0.717) is 11.3 Å². The monoisotopic (exact) mass is 320 g/mol. The van der Waals surface area contributed by atoms with Crippen LogP contribution in [0, 0.1) is 5.82 Å². The number of nitrogens with two attached hydrogens (primary N) is 1. The second-order valence-electron chi connectivity index (χ2n) is 4.45. The Morgan fingerprint density at radius 2 is 1.86 bits per heavy atom. The molecule has 1 amide bonds. The minimum atomic E-state index is -3.83. The van der Waals surface area contributed by atoms with Gasteiger partial charge in [-0.2, -0.15) is 0 Å². The summed E-state index contributed by atoms with van der Waals surface area (Å²) in [6.07, 6.45) is 2.67. The van der Waals surface area contributed by atoms with Crippen LogP contribution in [0.15, 0.2) is 59.5 Å². The number of sulfonamides is 1. The zero-order valence-corrected chi connectivity index (χ0v) is 12.2. The summed E-state index contributed by atoms with van der Waals surface area (Å²) in [5.74, 6) is -0.876. The summed E-state index contributed by atoms with van der Waals surface area (Å²) in [5.41, 5.74) is 0.828. The van der Waals surface area contributed by atoms with Gasteiger partial charge in [-0.1, -0.05) is 18.2 Å². The first-order chi connectivity index (χ1) is 10.3. The number of anilines is 1. The van der Waals surface area contributed by atoms with Crippen LogP contribution in [0.25, 0.3) is 6.08 Å². The molecule has 5 nitrogen and oxygen atoms in total. The molecule has 7 heteroatoms. The van der Waals surface area contributed by atoms with Crippen LogP contribution < -0.4 is 10.5 Å². The third kappa shape index (κ3) is 4.51. The van der Waals surface area contributed by atoms with E-state index >= 15 is 0 Å². The van der Waals surface area contributed by atoms with Gasteiger partial charge in [0.2, 0.25) is 15.9 Å². The van der Waals surface area contributed by atoms with Crippen LogP contribution in [0.4, 0.5) is 10.1 Å². The molecule has 2 rings (SSSR count). The van der Waals surface area contributed by atoms with Crippen molar-refractivity contribution in [2.24, 2.45) is 5.14 Å². The summed E-state index contributed by atoms with van der Waals surface area (Å²) < 4.78 is 35.4. The largest absolute Gasteiger partial charge is 0.322 e. The zero-order valence-electron chi connectivity index (χ0n) is 11.4. The van der Waals surface area contributed by atoms with Gasteiger partial charge in [-0.05, 0) is 42.0 Å². The lowest BCUT2D eigenvalue weighted by Crippen LogP contribution is -2.13. The van der Waals surface area contributed by atoms with Crippen LogP contribution in [-0.4, -0.2) is 14.3 Å². The van der Waals surface area contributed by atoms with Gasteiger partial charge in [-0.25, -0.2) is 17.9 Å². The topological polar surface area (TPSA) is 89.3 Å². The number of benzene rings is 2. The fourth-order valence-corrected chi connectivity index (χ4v) is 2.28. The van der Waals surface area contributed by atoms with Gasteiger partial charge < -0.3 is 5.32 Å². The molecular weight excluding hydrogens is 307 g/mol. The highest BCUT2D eigenvalue weighted by Crippen LogP contribution is 2.14. The van der Waals surface area contributed by atoms with E-state index in [1.807, 2.05) is 0 Å². The van der Waals surface area contributed by atoms with E-state index in [0.717, 1.165) is 0 Å². The van der Waals surface area contributed by atoms with E-state index in [4.69, 9.17) is 5.14 Å². The Morgan fingerprint density at radius 1 is 1.14 bits per heavy atom. The maximum Gasteiger partial charge on any atom is 0.248 e. The molecule has 2 aromatic carbocycles. The molecule has 0 atom stereocenters. The van der Waals surface area contributed by atoms with Gasteiger partial charge in [0.15, 0.2) is 0 Å². The van der Waals surface area contributed by atoms with Crippen molar-refractivity contribution in [1.29, 1.82) is 0 Å². The van der Waals surface area contributed by atoms with Crippen LogP contribution in [0.2, 0.25) is 0 Å². The molecule has 2 aromatic rings. The first-order valence-electron chi connectivity index (χ1n) is 6.22. The summed E-state index contributed by atoms with van der Waals surface area (Å²) in [4.78, 5) is 11.7. The number of hydrogen-bond acceptors (Lipinski definition) is 3. The molecule has 0 spiro atoms. The molecular formula is C15H13FN2O3S. The van der Waals surface area contributed by atoms with Crippen molar-refractivity contribution in [1.82, 2.24) is 0 Å². The van der Waals surface area contributed by atoms with Crippen LogP contribution in [0.5, 0.6) is 0 Å². The Hall–Kier alpha value is -2.51. The zero-order chi connectivity index (χ0) is 16.2. The van der Waals surface area contributed by atoms with Gasteiger partial charge in [0, 0.05) is 11.8 Å². The quantitative estimate of drug-likeness (QED) is 0.846. The summed E-state index contributed by atoms with van der Waals surface area (Å²) in [5, 5.41) is 7.52. The van der Waals surface area contributed by atoms with E-state index in [1.165, 1.54) is 54.6 Å². The molecule has 0 saturated heterocycles. The predicted molar refractivity (Wildman–Crippen MR) is 81.9 cm³/mol. The Balaban J connectivity index is 2.09. The maximum absolute atomic E-state index is 13.0. The third-order valence-electron chi connectivity index (χ3n) is 2.71. The Morgan fingerprint density at radius 3 is 2.55 bits per heavy atom. The number of carbonyl (C=O) groups excluding carboxylic acids is 1. The van der Waals surface area contributed by atoms with Crippen molar-refractivity contribution in [2.75, 3.05) is 5.32 Å². The molecule has 0 bridgehead atoms. The number of carbonyl (C=O) groups is 1. The molecule has 0 saturated carbocycles. The van der Waals surface area contributed by atoms with Crippen molar-refractivity contribution in [2.45, 2.75) is 4.90 Å². The third-order valence-corrected chi connectivity index (χ3v) is 3.62. The number of rotatable bonds is 4.